The van der Waals surface area contributed by atoms with Gasteiger partial charge in [0.2, 0.25) is 0 Å². The van der Waals surface area contributed by atoms with Gasteiger partial charge in [0, 0.05) is 13.2 Å². The number of unbranched alkanes of at least 4 members (excludes halogenated alkanes) is 2. The van der Waals surface area contributed by atoms with Gasteiger partial charge in [-0.3, -0.25) is 0 Å². The Morgan fingerprint density at radius 1 is 0.850 bits per heavy atom. The summed E-state index contributed by atoms with van der Waals surface area (Å²) in [7, 11) is 0. The van der Waals surface area contributed by atoms with Gasteiger partial charge >= 0.3 is 5.09 Å². The summed E-state index contributed by atoms with van der Waals surface area (Å²) in [4.78, 5) is 21.0. The molecule has 0 radical (unpaired) electrons. The fraction of sp³-hybridized carbons (Fsp3) is 1.00. The molecule has 0 fully saturated rings. The summed E-state index contributed by atoms with van der Waals surface area (Å²) in [5.74, 6) is 0. The maximum atomic E-state index is 11.3. The maximum Gasteiger partial charge on any atom is 0.477 e. The van der Waals surface area contributed by atoms with Gasteiger partial charge in [0.15, 0.2) is 13.2 Å². The minimum atomic E-state index is -0.125. The zero-order valence-electron chi connectivity index (χ0n) is 13.3. The van der Waals surface area contributed by atoms with E-state index in [1.54, 1.807) is 0 Å². The standard InChI is InChI=1S/C14H30NO5/c1-5-7-9-17-13(3)11-19-15(16)20-12-14(4)18-10-8-6-2/h13-14H,5-12H2,1-4H3/q+1. The minimum absolute atomic E-state index is 0.125. The Morgan fingerprint density at radius 2 is 1.25 bits per heavy atom. The number of hydrogen-bond donors (Lipinski definition) is 0. The molecule has 0 bridgehead atoms. The molecular weight excluding hydrogens is 262 g/mol. The highest BCUT2D eigenvalue weighted by molar-refractivity contribution is 4.46. The Labute approximate surface area is 122 Å². The summed E-state index contributed by atoms with van der Waals surface area (Å²) in [6, 6.07) is 0. The van der Waals surface area contributed by atoms with Crippen LogP contribution in [0.15, 0.2) is 0 Å². The van der Waals surface area contributed by atoms with Crippen LogP contribution in [-0.4, -0.2) is 43.7 Å². The largest absolute Gasteiger partial charge is 0.477 e. The first kappa shape index (κ1) is 19.1. The van der Waals surface area contributed by atoms with E-state index in [4.69, 9.17) is 19.1 Å². The molecule has 0 rings (SSSR count). The molecule has 0 amide bonds. The molecule has 0 spiro atoms. The summed E-state index contributed by atoms with van der Waals surface area (Å²) >= 11 is 0. The van der Waals surface area contributed by atoms with Crippen LogP contribution in [0.2, 0.25) is 0 Å². The van der Waals surface area contributed by atoms with Crippen molar-refractivity contribution < 1.29 is 24.2 Å². The minimum Gasteiger partial charge on any atom is -0.375 e. The van der Waals surface area contributed by atoms with E-state index >= 15 is 0 Å². The van der Waals surface area contributed by atoms with Crippen molar-refractivity contribution >= 4 is 0 Å². The molecule has 0 aromatic rings. The van der Waals surface area contributed by atoms with E-state index in [2.05, 4.69) is 13.8 Å². The summed E-state index contributed by atoms with van der Waals surface area (Å²) in [6.07, 6.45) is 3.93. The van der Waals surface area contributed by atoms with Crippen molar-refractivity contribution in [1.29, 1.82) is 0 Å². The van der Waals surface area contributed by atoms with E-state index in [0.29, 0.717) is 13.2 Å². The van der Waals surface area contributed by atoms with Crippen LogP contribution in [-0.2, 0) is 19.1 Å². The van der Waals surface area contributed by atoms with Crippen LogP contribution < -0.4 is 0 Å². The summed E-state index contributed by atoms with van der Waals surface area (Å²) in [5, 5.41) is 0.138. The predicted octanol–water partition coefficient (Wildman–Crippen LogP) is 3.04. The van der Waals surface area contributed by atoms with E-state index in [-0.39, 0.29) is 30.5 Å². The zero-order valence-corrected chi connectivity index (χ0v) is 13.3. The highest BCUT2D eigenvalue weighted by atomic mass is 17.0. The SMILES string of the molecule is CCCCOC(C)CO[N+](=O)OCC(C)OCCCC. The molecule has 2 unspecified atom stereocenters. The molecule has 0 aliphatic heterocycles. The molecule has 0 aromatic heterocycles. The van der Waals surface area contributed by atoms with Gasteiger partial charge in [-0.1, -0.05) is 26.7 Å². The topological polar surface area (TPSA) is 57.0 Å². The molecule has 6 heteroatoms. The maximum absolute atomic E-state index is 11.3. The average Bonchev–Trinajstić information content (AvgIpc) is 2.43. The van der Waals surface area contributed by atoms with Crippen molar-refractivity contribution in [2.75, 3.05) is 26.4 Å². The van der Waals surface area contributed by atoms with Crippen LogP contribution in [0, 0.1) is 4.91 Å². The van der Waals surface area contributed by atoms with Gasteiger partial charge in [-0.15, -0.1) is 0 Å². The second-order valence-electron chi connectivity index (χ2n) is 4.89. The monoisotopic (exact) mass is 292 g/mol. The second kappa shape index (κ2) is 13.1. The van der Waals surface area contributed by atoms with Crippen LogP contribution in [0.4, 0.5) is 0 Å². The first-order valence-electron chi connectivity index (χ1n) is 7.56. The van der Waals surface area contributed by atoms with E-state index in [1.165, 1.54) is 0 Å². The Hall–Kier alpha value is -0.880. The fourth-order valence-electron chi connectivity index (χ4n) is 1.32. The molecule has 0 saturated carbocycles. The van der Waals surface area contributed by atoms with Crippen molar-refractivity contribution in [1.82, 2.24) is 0 Å². The molecule has 0 aliphatic rings. The van der Waals surface area contributed by atoms with Gasteiger partial charge in [-0.05, 0) is 26.7 Å². The third-order valence-corrected chi connectivity index (χ3v) is 2.63. The Kier molecular flexibility index (Phi) is 12.5. The van der Waals surface area contributed by atoms with E-state index in [0.717, 1.165) is 25.7 Å². The smallest absolute Gasteiger partial charge is 0.375 e. The summed E-state index contributed by atoms with van der Waals surface area (Å²) < 4.78 is 10.9. The average molecular weight is 292 g/mol. The van der Waals surface area contributed by atoms with Gasteiger partial charge < -0.3 is 9.47 Å². The van der Waals surface area contributed by atoms with Crippen molar-refractivity contribution in [3.8, 4) is 0 Å². The highest BCUT2D eigenvalue weighted by Gasteiger charge is 2.17. The predicted molar refractivity (Wildman–Crippen MR) is 76.2 cm³/mol. The van der Waals surface area contributed by atoms with Crippen LogP contribution in [0.3, 0.4) is 0 Å². The quantitative estimate of drug-likeness (QED) is 0.364. The van der Waals surface area contributed by atoms with Crippen molar-refractivity contribution in [2.45, 2.75) is 65.6 Å². The second-order valence-corrected chi connectivity index (χ2v) is 4.89. The summed E-state index contributed by atoms with van der Waals surface area (Å²) in [6.45, 7) is 9.64. The molecule has 20 heavy (non-hydrogen) atoms. The van der Waals surface area contributed by atoms with Gasteiger partial charge in [-0.2, -0.15) is 9.68 Å². The summed E-state index contributed by atoms with van der Waals surface area (Å²) in [5.41, 5.74) is 0. The first-order valence-corrected chi connectivity index (χ1v) is 7.56. The van der Waals surface area contributed by atoms with Gasteiger partial charge in [0.05, 0.1) is 12.2 Å². The Bertz CT molecular complexity index is 216. The van der Waals surface area contributed by atoms with Crippen LogP contribution in [0.5, 0.6) is 0 Å². The number of rotatable bonds is 14. The zero-order chi connectivity index (χ0) is 15.2. The molecule has 0 heterocycles. The Morgan fingerprint density at radius 3 is 1.60 bits per heavy atom. The van der Waals surface area contributed by atoms with E-state index in [9.17, 15) is 4.91 Å². The van der Waals surface area contributed by atoms with Crippen LogP contribution in [0.1, 0.15) is 53.4 Å². The molecule has 0 aromatic carbocycles. The normalized spacial score (nSPS) is 13.8. The third kappa shape index (κ3) is 12.2. The fourth-order valence-corrected chi connectivity index (χ4v) is 1.32. The van der Waals surface area contributed by atoms with Crippen molar-refractivity contribution in [2.24, 2.45) is 0 Å². The Balaban J connectivity index is 3.52. The molecule has 120 valence electrons. The molecule has 0 aliphatic carbocycles. The lowest BCUT2D eigenvalue weighted by atomic mass is 10.3. The molecule has 6 nitrogen and oxygen atoms in total. The number of hydrogen-bond acceptors (Lipinski definition) is 5. The first-order chi connectivity index (χ1) is 9.60. The molecule has 0 N–H and O–H groups in total. The molecule has 2 atom stereocenters. The van der Waals surface area contributed by atoms with E-state index < -0.39 is 0 Å². The van der Waals surface area contributed by atoms with Crippen molar-refractivity contribution in [3.05, 3.63) is 4.91 Å². The van der Waals surface area contributed by atoms with Crippen LogP contribution >= 0.6 is 0 Å². The lowest BCUT2D eigenvalue weighted by molar-refractivity contribution is -0.982. The lowest BCUT2D eigenvalue weighted by Crippen LogP contribution is -2.25. The number of nitrogens with zero attached hydrogens (tertiary/aromatic N) is 1. The lowest BCUT2D eigenvalue weighted by Gasteiger charge is -2.10. The van der Waals surface area contributed by atoms with Gasteiger partial charge in [-0.25, -0.2) is 0 Å². The third-order valence-electron chi connectivity index (χ3n) is 2.63. The van der Waals surface area contributed by atoms with E-state index in [1.807, 2.05) is 13.8 Å². The molecule has 0 saturated heterocycles. The van der Waals surface area contributed by atoms with Crippen LogP contribution in [0.25, 0.3) is 0 Å². The van der Waals surface area contributed by atoms with Gasteiger partial charge in [0.25, 0.3) is 0 Å². The number of ether oxygens (including phenoxy) is 2. The van der Waals surface area contributed by atoms with Crippen molar-refractivity contribution in [3.63, 3.8) is 0 Å². The van der Waals surface area contributed by atoms with Gasteiger partial charge in [0.1, 0.15) is 4.91 Å². The molecular formula is C14H30NO5+. The highest BCUT2D eigenvalue weighted by Crippen LogP contribution is 1.99.